The van der Waals surface area contributed by atoms with Gasteiger partial charge in [0.1, 0.15) is 5.58 Å². The second-order valence-electron chi connectivity index (χ2n) is 9.24. The molecule has 6 nitrogen and oxygen atoms in total. The SMILES string of the molecule is CN(C)C(=O)c1cc2cc(C3=CCCN(C(=O)C4Cc5ccccc5CN4C)C3)ccc2o1. The lowest BCUT2D eigenvalue weighted by Gasteiger charge is -2.37. The van der Waals surface area contributed by atoms with Gasteiger partial charge < -0.3 is 14.2 Å². The van der Waals surface area contributed by atoms with Gasteiger partial charge in [0.2, 0.25) is 5.91 Å². The van der Waals surface area contributed by atoms with Crippen molar-refractivity contribution in [3.63, 3.8) is 0 Å². The van der Waals surface area contributed by atoms with Gasteiger partial charge in [-0.1, -0.05) is 36.4 Å². The summed E-state index contributed by atoms with van der Waals surface area (Å²) in [5.74, 6) is 0.377. The highest BCUT2D eigenvalue weighted by Gasteiger charge is 2.33. The van der Waals surface area contributed by atoms with E-state index in [0.29, 0.717) is 17.9 Å². The van der Waals surface area contributed by atoms with Crippen LogP contribution in [0.1, 0.15) is 33.7 Å². The van der Waals surface area contributed by atoms with Gasteiger partial charge in [-0.25, -0.2) is 0 Å². The van der Waals surface area contributed by atoms with Gasteiger partial charge in [0.15, 0.2) is 5.76 Å². The van der Waals surface area contributed by atoms with E-state index >= 15 is 0 Å². The number of likely N-dealkylation sites (N-methyl/N-ethyl adjacent to an activating group) is 1. The Morgan fingerprint density at radius 2 is 1.82 bits per heavy atom. The zero-order valence-corrected chi connectivity index (χ0v) is 19.4. The summed E-state index contributed by atoms with van der Waals surface area (Å²) in [6, 6.07) is 16.0. The fraction of sp³-hybridized carbons (Fsp3) is 0.333. The topological polar surface area (TPSA) is 57.0 Å². The Kier molecular flexibility index (Phi) is 5.54. The molecule has 6 heteroatoms. The van der Waals surface area contributed by atoms with Crippen LogP contribution in [0.3, 0.4) is 0 Å². The van der Waals surface area contributed by atoms with Crippen LogP contribution in [0.15, 0.2) is 59.0 Å². The first-order chi connectivity index (χ1) is 15.9. The Morgan fingerprint density at radius 3 is 2.61 bits per heavy atom. The maximum absolute atomic E-state index is 13.5. The molecule has 2 aliphatic heterocycles. The number of hydrogen-bond donors (Lipinski definition) is 0. The van der Waals surface area contributed by atoms with E-state index in [-0.39, 0.29) is 17.9 Å². The lowest BCUT2D eigenvalue weighted by Crippen LogP contribution is -2.51. The minimum absolute atomic E-state index is 0.129. The van der Waals surface area contributed by atoms with Crippen molar-refractivity contribution in [2.24, 2.45) is 0 Å². The maximum Gasteiger partial charge on any atom is 0.289 e. The highest BCUT2D eigenvalue weighted by molar-refractivity contribution is 5.96. The van der Waals surface area contributed by atoms with E-state index in [1.165, 1.54) is 16.0 Å². The molecule has 5 rings (SSSR count). The van der Waals surface area contributed by atoms with E-state index in [4.69, 9.17) is 4.42 Å². The highest BCUT2D eigenvalue weighted by Crippen LogP contribution is 2.29. The summed E-state index contributed by atoms with van der Waals surface area (Å²) < 4.78 is 5.73. The standard InChI is InChI=1S/C27H29N3O3/c1-28(2)27(32)25-15-22-13-19(10-11-24(22)33-25)21-9-6-12-30(17-21)26(31)23-14-18-7-4-5-8-20(18)16-29(23)3/h4-5,7-11,13,15,23H,6,12,14,16-17H2,1-3H3. The normalized spacial score (nSPS) is 18.7. The quantitative estimate of drug-likeness (QED) is 0.618. The van der Waals surface area contributed by atoms with Gasteiger partial charge in [0.25, 0.3) is 5.91 Å². The molecule has 0 saturated heterocycles. The smallest absolute Gasteiger partial charge is 0.289 e. The van der Waals surface area contributed by atoms with Crippen molar-refractivity contribution in [3.05, 3.63) is 77.1 Å². The van der Waals surface area contributed by atoms with E-state index in [0.717, 1.165) is 42.5 Å². The van der Waals surface area contributed by atoms with Crippen LogP contribution in [-0.2, 0) is 17.8 Å². The zero-order valence-electron chi connectivity index (χ0n) is 19.4. The molecular formula is C27H29N3O3. The molecule has 2 aromatic carbocycles. The summed E-state index contributed by atoms with van der Waals surface area (Å²) in [7, 11) is 5.46. The first-order valence-electron chi connectivity index (χ1n) is 11.4. The summed E-state index contributed by atoms with van der Waals surface area (Å²) in [6.45, 7) is 2.13. The van der Waals surface area contributed by atoms with Gasteiger partial charge in [-0.2, -0.15) is 0 Å². The van der Waals surface area contributed by atoms with E-state index < -0.39 is 0 Å². The Balaban J connectivity index is 1.34. The van der Waals surface area contributed by atoms with Gasteiger partial charge in [0, 0.05) is 39.1 Å². The van der Waals surface area contributed by atoms with E-state index in [9.17, 15) is 9.59 Å². The van der Waals surface area contributed by atoms with Crippen LogP contribution in [0, 0.1) is 0 Å². The first kappa shape index (κ1) is 21.5. The average molecular weight is 444 g/mol. The number of carbonyl (C=O) groups is 2. The third kappa shape index (κ3) is 4.07. The second-order valence-corrected chi connectivity index (χ2v) is 9.24. The van der Waals surface area contributed by atoms with Crippen molar-refractivity contribution in [1.29, 1.82) is 0 Å². The lowest BCUT2D eigenvalue weighted by atomic mass is 9.93. The minimum Gasteiger partial charge on any atom is -0.451 e. The molecule has 0 spiro atoms. The van der Waals surface area contributed by atoms with Crippen molar-refractivity contribution in [1.82, 2.24) is 14.7 Å². The van der Waals surface area contributed by atoms with Gasteiger partial charge in [-0.05, 0) is 60.4 Å². The van der Waals surface area contributed by atoms with Crippen molar-refractivity contribution < 1.29 is 14.0 Å². The van der Waals surface area contributed by atoms with Crippen LogP contribution in [0.4, 0.5) is 0 Å². The Labute approximate surface area is 194 Å². The molecule has 0 N–H and O–H groups in total. The molecule has 0 saturated carbocycles. The molecule has 170 valence electrons. The number of rotatable bonds is 3. The average Bonchev–Trinajstić information content (AvgIpc) is 3.26. The summed E-state index contributed by atoms with van der Waals surface area (Å²) in [6.07, 6.45) is 3.81. The van der Waals surface area contributed by atoms with Crippen LogP contribution in [-0.4, -0.2) is 66.8 Å². The molecule has 1 unspecified atom stereocenters. The molecule has 33 heavy (non-hydrogen) atoms. The summed E-state index contributed by atoms with van der Waals surface area (Å²) in [5, 5.41) is 0.894. The van der Waals surface area contributed by atoms with Gasteiger partial charge in [-0.3, -0.25) is 14.5 Å². The van der Waals surface area contributed by atoms with Gasteiger partial charge >= 0.3 is 0 Å². The van der Waals surface area contributed by atoms with Crippen molar-refractivity contribution in [3.8, 4) is 0 Å². The molecule has 2 aliphatic rings. The number of carbonyl (C=O) groups excluding carboxylic acids is 2. The predicted octanol–water partition coefficient (Wildman–Crippen LogP) is 3.81. The van der Waals surface area contributed by atoms with E-state index in [2.05, 4.69) is 35.2 Å². The van der Waals surface area contributed by atoms with Crippen molar-refractivity contribution in [2.75, 3.05) is 34.2 Å². The third-order valence-electron chi connectivity index (χ3n) is 6.74. The molecule has 0 radical (unpaired) electrons. The Hall–Kier alpha value is -3.38. The van der Waals surface area contributed by atoms with E-state index in [1.807, 2.05) is 30.1 Å². The van der Waals surface area contributed by atoms with Crippen LogP contribution in [0.2, 0.25) is 0 Å². The lowest BCUT2D eigenvalue weighted by molar-refractivity contribution is -0.136. The van der Waals surface area contributed by atoms with Gasteiger partial charge in [0.05, 0.1) is 6.04 Å². The highest BCUT2D eigenvalue weighted by atomic mass is 16.3. The number of benzene rings is 2. The summed E-state index contributed by atoms with van der Waals surface area (Å²) >= 11 is 0. The predicted molar refractivity (Wildman–Crippen MR) is 129 cm³/mol. The number of nitrogens with zero attached hydrogens (tertiary/aromatic N) is 3. The summed E-state index contributed by atoms with van der Waals surface area (Å²) in [5.41, 5.74) is 5.47. The monoisotopic (exact) mass is 443 g/mol. The zero-order chi connectivity index (χ0) is 23.1. The minimum atomic E-state index is -0.153. The van der Waals surface area contributed by atoms with Crippen LogP contribution < -0.4 is 0 Å². The Bertz CT molecular complexity index is 1260. The maximum atomic E-state index is 13.5. The fourth-order valence-electron chi connectivity index (χ4n) is 4.85. The number of amides is 2. The fourth-order valence-corrected chi connectivity index (χ4v) is 4.85. The summed E-state index contributed by atoms with van der Waals surface area (Å²) in [4.78, 5) is 31.4. The molecule has 0 fully saturated rings. The largest absolute Gasteiger partial charge is 0.451 e. The van der Waals surface area contributed by atoms with Crippen molar-refractivity contribution in [2.45, 2.75) is 25.4 Å². The van der Waals surface area contributed by atoms with Crippen LogP contribution in [0.25, 0.3) is 16.5 Å². The molecule has 3 aromatic rings. The molecule has 1 aromatic heterocycles. The number of fused-ring (bicyclic) bond motifs is 2. The van der Waals surface area contributed by atoms with E-state index in [1.54, 1.807) is 20.2 Å². The first-order valence-corrected chi connectivity index (χ1v) is 11.4. The van der Waals surface area contributed by atoms with Crippen LogP contribution >= 0.6 is 0 Å². The molecule has 1 atom stereocenters. The molecular weight excluding hydrogens is 414 g/mol. The van der Waals surface area contributed by atoms with Crippen molar-refractivity contribution >= 4 is 28.4 Å². The Morgan fingerprint density at radius 1 is 1.03 bits per heavy atom. The molecule has 3 heterocycles. The van der Waals surface area contributed by atoms with Gasteiger partial charge in [-0.15, -0.1) is 0 Å². The second kappa shape index (κ2) is 8.52. The number of hydrogen-bond acceptors (Lipinski definition) is 4. The number of furan rings is 1. The molecule has 0 bridgehead atoms. The van der Waals surface area contributed by atoms with Crippen LogP contribution in [0.5, 0.6) is 0 Å². The molecule has 2 amide bonds. The molecule has 0 aliphatic carbocycles. The third-order valence-corrected chi connectivity index (χ3v) is 6.74.